The number of anilines is 1. The molecule has 4 amide bonds. The number of hydrazine groups is 1. The van der Waals surface area contributed by atoms with E-state index in [0.29, 0.717) is 51.8 Å². The van der Waals surface area contributed by atoms with Crippen LogP contribution in [-0.2, 0) is 0 Å². The third-order valence-electron chi connectivity index (χ3n) is 6.50. The Labute approximate surface area is 183 Å². The van der Waals surface area contributed by atoms with Gasteiger partial charge in [0.25, 0.3) is 23.6 Å². The quantitative estimate of drug-likeness (QED) is 0.586. The van der Waals surface area contributed by atoms with E-state index in [4.69, 9.17) is 0 Å². The van der Waals surface area contributed by atoms with Gasteiger partial charge in [0.15, 0.2) is 0 Å². The van der Waals surface area contributed by atoms with E-state index in [1.165, 1.54) is 5.01 Å². The van der Waals surface area contributed by atoms with Gasteiger partial charge in [0.1, 0.15) is 0 Å². The fraction of sp³-hybridized carbons (Fsp3) is 0.200. The SMILES string of the molecule is O=C1c2ccc3c4c(ccc(c24)C(=O)N1c1ccccc1)C(=O)N(N1CCCCC1)C3=O. The van der Waals surface area contributed by atoms with Gasteiger partial charge in [-0.1, -0.05) is 24.6 Å². The standard InChI is InChI=1S/C25H19N3O4/c29-22-16-9-11-18-21-19(25(32)28(24(18)31)26-13-5-2-6-14-26)12-10-17(20(16)21)23(30)27(22)15-7-3-1-4-8-15/h1,3-4,7-12H,2,5-6,13-14H2. The summed E-state index contributed by atoms with van der Waals surface area (Å²) in [6.07, 6.45) is 2.93. The van der Waals surface area contributed by atoms with Crippen LogP contribution < -0.4 is 4.90 Å². The van der Waals surface area contributed by atoms with Crippen molar-refractivity contribution in [3.8, 4) is 0 Å². The van der Waals surface area contributed by atoms with E-state index < -0.39 is 23.6 Å². The minimum absolute atomic E-state index is 0.316. The number of nitrogens with zero attached hydrogens (tertiary/aromatic N) is 3. The molecule has 7 nitrogen and oxygen atoms in total. The van der Waals surface area contributed by atoms with Gasteiger partial charge in [-0.15, -0.1) is 0 Å². The zero-order valence-electron chi connectivity index (χ0n) is 17.2. The van der Waals surface area contributed by atoms with Crippen molar-refractivity contribution in [2.45, 2.75) is 19.3 Å². The smallest absolute Gasteiger partial charge is 0.268 e. The Kier molecular flexibility index (Phi) is 4.03. The summed E-state index contributed by atoms with van der Waals surface area (Å²) in [5, 5.41) is 3.84. The monoisotopic (exact) mass is 425 g/mol. The molecule has 3 aliphatic heterocycles. The Morgan fingerprint density at radius 3 is 1.50 bits per heavy atom. The van der Waals surface area contributed by atoms with E-state index in [1.807, 2.05) is 11.1 Å². The molecule has 3 heterocycles. The molecule has 0 radical (unpaired) electrons. The fourth-order valence-electron chi connectivity index (χ4n) is 5.01. The second-order valence-electron chi connectivity index (χ2n) is 8.29. The Balaban J connectivity index is 1.54. The van der Waals surface area contributed by atoms with Crippen LogP contribution in [0.25, 0.3) is 10.8 Å². The van der Waals surface area contributed by atoms with Gasteiger partial charge in [-0.3, -0.25) is 19.2 Å². The third kappa shape index (κ3) is 2.45. The van der Waals surface area contributed by atoms with Crippen molar-refractivity contribution in [3.05, 3.63) is 76.9 Å². The predicted molar refractivity (Wildman–Crippen MR) is 117 cm³/mol. The summed E-state index contributed by atoms with van der Waals surface area (Å²) in [7, 11) is 0. The molecule has 6 rings (SSSR count). The predicted octanol–water partition coefficient (Wildman–Crippen LogP) is 3.64. The lowest BCUT2D eigenvalue weighted by atomic mass is 9.86. The van der Waals surface area contributed by atoms with Crippen LogP contribution in [0.5, 0.6) is 0 Å². The van der Waals surface area contributed by atoms with Crippen LogP contribution in [-0.4, -0.2) is 46.7 Å². The van der Waals surface area contributed by atoms with E-state index >= 15 is 0 Å². The van der Waals surface area contributed by atoms with Gasteiger partial charge in [0.2, 0.25) is 0 Å². The molecular formula is C25H19N3O4. The fourth-order valence-corrected chi connectivity index (χ4v) is 5.01. The molecule has 0 N–H and O–H groups in total. The zero-order valence-corrected chi connectivity index (χ0v) is 17.2. The number of rotatable bonds is 2. The van der Waals surface area contributed by atoms with Crippen LogP contribution in [0, 0.1) is 0 Å². The molecule has 3 aliphatic rings. The molecule has 0 aromatic heterocycles. The van der Waals surface area contributed by atoms with E-state index in [2.05, 4.69) is 0 Å². The summed E-state index contributed by atoms with van der Waals surface area (Å²) >= 11 is 0. The molecule has 3 aromatic carbocycles. The van der Waals surface area contributed by atoms with Crippen molar-refractivity contribution in [2.24, 2.45) is 0 Å². The molecule has 158 valence electrons. The normalized spacial score (nSPS) is 18.6. The number of carbonyl (C=O) groups excluding carboxylic acids is 4. The van der Waals surface area contributed by atoms with Gasteiger partial charge in [-0.05, 0) is 49.2 Å². The zero-order chi connectivity index (χ0) is 22.0. The van der Waals surface area contributed by atoms with Crippen molar-refractivity contribution in [1.29, 1.82) is 0 Å². The van der Waals surface area contributed by atoms with Crippen molar-refractivity contribution in [3.63, 3.8) is 0 Å². The first-order chi connectivity index (χ1) is 15.6. The van der Waals surface area contributed by atoms with Crippen molar-refractivity contribution >= 4 is 40.1 Å². The highest BCUT2D eigenvalue weighted by Crippen LogP contribution is 2.39. The molecule has 0 saturated carbocycles. The lowest BCUT2D eigenvalue weighted by molar-refractivity contribution is -0.0115. The summed E-state index contributed by atoms with van der Waals surface area (Å²) in [5.74, 6) is -1.73. The van der Waals surface area contributed by atoms with Crippen molar-refractivity contribution < 1.29 is 19.2 Å². The second kappa shape index (κ2) is 6.83. The highest BCUT2D eigenvalue weighted by atomic mass is 16.2. The van der Waals surface area contributed by atoms with E-state index in [0.717, 1.165) is 24.2 Å². The average Bonchev–Trinajstić information content (AvgIpc) is 2.83. The van der Waals surface area contributed by atoms with Gasteiger partial charge in [0.05, 0.1) is 16.8 Å². The second-order valence-corrected chi connectivity index (χ2v) is 8.29. The van der Waals surface area contributed by atoms with Gasteiger partial charge in [-0.25, -0.2) is 14.9 Å². The summed E-state index contributed by atoms with van der Waals surface area (Å²) in [4.78, 5) is 54.6. The summed E-state index contributed by atoms with van der Waals surface area (Å²) in [6, 6.07) is 15.1. The lowest BCUT2D eigenvalue weighted by Crippen LogP contribution is -2.53. The van der Waals surface area contributed by atoms with Crippen LogP contribution in [0.1, 0.15) is 60.7 Å². The average molecular weight is 425 g/mol. The molecule has 1 saturated heterocycles. The molecule has 3 aromatic rings. The summed E-state index contributed by atoms with van der Waals surface area (Å²) in [5.41, 5.74) is 1.80. The first-order valence-corrected chi connectivity index (χ1v) is 10.7. The van der Waals surface area contributed by atoms with E-state index in [9.17, 15) is 19.2 Å². The Morgan fingerprint density at radius 1 is 0.531 bits per heavy atom. The number of imide groups is 2. The molecule has 1 fully saturated rings. The molecule has 32 heavy (non-hydrogen) atoms. The Hall–Kier alpha value is -3.84. The highest BCUT2D eigenvalue weighted by Gasteiger charge is 2.41. The number of carbonyl (C=O) groups is 4. The number of piperidine rings is 1. The van der Waals surface area contributed by atoms with Crippen LogP contribution in [0.4, 0.5) is 5.69 Å². The summed E-state index contributed by atoms with van der Waals surface area (Å²) < 4.78 is 0. The molecule has 0 aliphatic carbocycles. The number of hydrogen-bond acceptors (Lipinski definition) is 5. The minimum Gasteiger partial charge on any atom is -0.268 e. The molecule has 0 atom stereocenters. The van der Waals surface area contributed by atoms with Gasteiger partial charge in [-0.2, -0.15) is 0 Å². The van der Waals surface area contributed by atoms with Crippen LogP contribution in [0.2, 0.25) is 0 Å². The lowest BCUT2D eigenvalue weighted by Gasteiger charge is -2.38. The Bertz CT molecular complexity index is 1270. The largest absolute Gasteiger partial charge is 0.276 e. The first-order valence-electron chi connectivity index (χ1n) is 10.7. The molecular weight excluding hydrogens is 406 g/mol. The van der Waals surface area contributed by atoms with E-state index in [1.54, 1.807) is 48.5 Å². The Morgan fingerprint density at radius 2 is 1.00 bits per heavy atom. The van der Waals surface area contributed by atoms with Gasteiger partial charge >= 0.3 is 0 Å². The van der Waals surface area contributed by atoms with Crippen molar-refractivity contribution in [2.75, 3.05) is 18.0 Å². The highest BCUT2D eigenvalue weighted by molar-refractivity contribution is 6.39. The molecule has 0 unspecified atom stereocenters. The summed E-state index contributed by atoms with van der Waals surface area (Å²) in [6.45, 7) is 1.30. The third-order valence-corrected chi connectivity index (χ3v) is 6.50. The molecule has 0 bridgehead atoms. The van der Waals surface area contributed by atoms with Crippen LogP contribution >= 0.6 is 0 Å². The van der Waals surface area contributed by atoms with Crippen molar-refractivity contribution in [1.82, 2.24) is 10.0 Å². The molecule has 0 spiro atoms. The maximum atomic E-state index is 13.4. The van der Waals surface area contributed by atoms with Gasteiger partial charge in [0, 0.05) is 35.0 Å². The van der Waals surface area contributed by atoms with Gasteiger partial charge < -0.3 is 0 Å². The number of benzene rings is 3. The topological polar surface area (TPSA) is 78.0 Å². The maximum absolute atomic E-state index is 13.4. The first kappa shape index (κ1) is 18.9. The van der Waals surface area contributed by atoms with Crippen LogP contribution in [0.3, 0.4) is 0 Å². The number of hydrogen-bond donors (Lipinski definition) is 0. The van der Waals surface area contributed by atoms with Crippen LogP contribution in [0.15, 0.2) is 54.6 Å². The number of amides is 4. The maximum Gasteiger partial charge on any atom is 0.276 e. The van der Waals surface area contributed by atoms with E-state index in [-0.39, 0.29) is 0 Å². The minimum atomic E-state index is -0.462. The number of para-hydroxylation sites is 1. The molecule has 7 heteroatoms.